The molecule has 0 bridgehead atoms. The summed E-state index contributed by atoms with van der Waals surface area (Å²) in [4.78, 5) is 37.1. The van der Waals surface area contributed by atoms with Gasteiger partial charge < -0.3 is 20.5 Å². The average Bonchev–Trinajstić information content (AvgIpc) is 3.61. The van der Waals surface area contributed by atoms with Crippen LogP contribution in [-0.2, 0) is 14.3 Å². The highest BCUT2D eigenvalue weighted by molar-refractivity contribution is 5.90. The maximum atomic E-state index is 12.8. The number of benzene rings is 2. The smallest absolute Gasteiger partial charge is 0.407 e. The standard InChI is InChI=1S/C26H30N2O5/c1-3-15(2)22(25(30)31)27-24(29)23(16-12-13-16)28-26(32)33-14-21-19-10-6-4-8-17(19)18-9-5-7-11-20(18)21/h4-11,15-16,21-23H,3,12-14H2,1-2H3,(H,27,29)(H,28,32)(H,30,31)/t15-,22-,23?/m0/s1. The predicted molar refractivity (Wildman–Crippen MR) is 124 cm³/mol. The van der Waals surface area contributed by atoms with Crippen molar-refractivity contribution >= 4 is 18.0 Å². The molecule has 2 aliphatic rings. The summed E-state index contributed by atoms with van der Waals surface area (Å²) in [6.07, 6.45) is 1.57. The average molecular weight is 451 g/mol. The molecular weight excluding hydrogens is 420 g/mol. The molecule has 2 aliphatic carbocycles. The van der Waals surface area contributed by atoms with E-state index in [9.17, 15) is 19.5 Å². The summed E-state index contributed by atoms with van der Waals surface area (Å²) in [5, 5.41) is 14.8. The number of hydrogen-bond acceptors (Lipinski definition) is 4. The molecule has 0 aliphatic heterocycles. The van der Waals surface area contributed by atoms with Crippen LogP contribution in [0.4, 0.5) is 4.79 Å². The highest BCUT2D eigenvalue weighted by Gasteiger charge is 2.40. The Bertz CT molecular complexity index is 1000. The van der Waals surface area contributed by atoms with Gasteiger partial charge in [0.25, 0.3) is 0 Å². The lowest BCUT2D eigenvalue weighted by molar-refractivity contribution is -0.143. The molecule has 0 spiro atoms. The lowest BCUT2D eigenvalue weighted by Gasteiger charge is -2.24. The second-order valence-corrected chi connectivity index (χ2v) is 9.00. The van der Waals surface area contributed by atoms with Gasteiger partial charge in [-0.15, -0.1) is 0 Å². The van der Waals surface area contributed by atoms with Gasteiger partial charge in [-0.1, -0.05) is 68.8 Å². The third-order valence-corrected chi connectivity index (χ3v) is 6.77. The van der Waals surface area contributed by atoms with Gasteiger partial charge in [-0.3, -0.25) is 4.79 Å². The zero-order valence-electron chi connectivity index (χ0n) is 18.9. The van der Waals surface area contributed by atoms with E-state index in [0.29, 0.717) is 6.42 Å². The van der Waals surface area contributed by atoms with Crippen molar-refractivity contribution in [1.29, 1.82) is 0 Å². The fourth-order valence-corrected chi connectivity index (χ4v) is 4.52. The number of carboxylic acids is 1. The Balaban J connectivity index is 1.40. The molecule has 4 rings (SSSR count). The molecular formula is C26H30N2O5. The van der Waals surface area contributed by atoms with E-state index in [1.807, 2.05) is 43.3 Å². The van der Waals surface area contributed by atoms with Crippen molar-refractivity contribution in [2.24, 2.45) is 11.8 Å². The Morgan fingerprint density at radius 2 is 1.58 bits per heavy atom. The van der Waals surface area contributed by atoms with Crippen LogP contribution in [0.25, 0.3) is 11.1 Å². The summed E-state index contributed by atoms with van der Waals surface area (Å²) in [6, 6.07) is 14.4. The van der Waals surface area contributed by atoms with Crippen molar-refractivity contribution in [3.05, 3.63) is 59.7 Å². The normalized spacial score (nSPS) is 17.3. The minimum absolute atomic E-state index is 0.00291. The lowest BCUT2D eigenvalue weighted by Crippen LogP contribution is -2.54. The van der Waals surface area contributed by atoms with Crippen LogP contribution >= 0.6 is 0 Å². The van der Waals surface area contributed by atoms with Crippen molar-refractivity contribution in [2.45, 2.75) is 51.1 Å². The van der Waals surface area contributed by atoms with Gasteiger partial charge in [-0.2, -0.15) is 0 Å². The Labute approximate surface area is 193 Å². The molecule has 2 amide bonds. The molecule has 1 unspecified atom stereocenters. The molecule has 7 heteroatoms. The summed E-state index contributed by atoms with van der Waals surface area (Å²) in [6.45, 7) is 3.81. The Hall–Kier alpha value is -3.35. The topological polar surface area (TPSA) is 105 Å². The number of carboxylic acid groups (broad SMARTS) is 1. The molecule has 0 saturated heterocycles. The maximum absolute atomic E-state index is 12.8. The molecule has 174 valence electrons. The Morgan fingerprint density at radius 1 is 1.00 bits per heavy atom. The van der Waals surface area contributed by atoms with E-state index in [2.05, 4.69) is 22.8 Å². The number of aliphatic carboxylic acids is 1. The summed E-state index contributed by atoms with van der Waals surface area (Å²) in [5.41, 5.74) is 4.51. The molecule has 3 atom stereocenters. The SMILES string of the molecule is CC[C@H](C)[C@H](NC(=O)C(NC(=O)OCC1c2ccccc2-c2ccccc21)C1CC1)C(=O)O. The molecule has 2 aromatic carbocycles. The monoisotopic (exact) mass is 450 g/mol. The van der Waals surface area contributed by atoms with Gasteiger partial charge in [0.2, 0.25) is 5.91 Å². The number of fused-ring (bicyclic) bond motifs is 3. The summed E-state index contributed by atoms with van der Waals surface area (Å²) in [7, 11) is 0. The van der Waals surface area contributed by atoms with Crippen LogP contribution in [0, 0.1) is 11.8 Å². The van der Waals surface area contributed by atoms with E-state index < -0.39 is 30.1 Å². The minimum atomic E-state index is -1.08. The molecule has 2 aromatic rings. The first-order valence-electron chi connectivity index (χ1n) is 11.5. The fraction of sp³-hybridized carbons (Fsp3) is 0.423. The molecule has 33 heavy (non-hydrogen) atoms. The molecule has 0 aromatic heterocycles. The van der Waals surface area contributed by atoms with Gasteiger partial charge in [0.1, 0.15) is 18.7 Å². The van der Waals surface area contributed by atoms with Gasteiger partial charge in [-0.05, 0) is 46.9 Å². The van der Waals surface area contributed by atoms with Gasteiger partial charge in [0.15, 0.2) is 0 Å². The van der Waals surface area contributed by atoms with E-state index >= 15 is 0 Å². The first-order valence-corrected chi connectivity index (χ1v) is 11.5. The number of rotatable bonds is 9. The summed E-state index contributed by atoms with van der Waals surface area (Å²) in [5.74, 6) is -1.84. The Morgan fingerprint density at radius 3 is 2.09 bits per heavy atom. The predicted octanol–water partition coefficient (Wildman–Crippen LogP) is 3.92. The van der Waals surface area contributed by atoms with Crippen molar-refractivity contribution in [1.82, 2.24) is 10.6 Å². The van der Waals surface area contributed by atoms with Crippen LogP contribution in [0.3, 0.4) is 0 Å². The van der Waals surface area contributed by atoms with E-state index in [1.165, 1.54) is 0 Å². The van der Waals surface area contributed by atoms with E-state index in [1.54, 1.807) is 6.92 Å². The molecule has 0 radical (unpaired) electrons. The zero-order chi connectivity index (χ0) is 23.5. The Kier molecular flexibility index (Phi) is 6.67. The van der Waals surface area contributed by atoms with E-state index in [4.69, 9.17) is 4.74 Å². The number of hydrogen-bond donors (Lipinski definition) is 3. The summed E-state index contributed by atoms with van der Waals surface area (Å²) < 4.78 is 5.57. The van der Waals surface area contributed by atoms with Crippen LogP contribution in [0.1, 0.15) is 50.2 Å². The summed E-state index contributed by atoms with van der Waals surface area (Å²) >= 11 is 0. The molecule has 0 heterocycles. The third-order valence-electron chi connectivity index (χ3n) is 6.77. The van der Waals surface area contributed by atoms with Crippen LogP contribution in [-0.4, -0.2) is 41.8 Å². The fourth-order valence-electron chi connectivity index (χ4n) is 4.52. The zero-order valence-corrected chi connectivity index (χ0v) is 18.9. The first-order chi connectivity index (χ1) is 15.9. The van der Waals surface area contributed by atoms with Crippen molar-refractivity contribution in [3.63, 3.8) is 0 Å². The second kappa shape index (κ2) is 9.65. The first kappa shape index (κ1) is 22.8. The molecule has 1 saturated carbocycles. The second-order valence-electron chi connectivity index (χ2n) is 9.00. The lowest BCUT2D eigenvalue weighted by atomic mass is 9.98. The molecule has 1 fully saturated rings. The van der Waals surface area contributed by atoms with Crippen LogP contribution in [0.15, 0.2) is 48.5 Å². The van der Waals surface area contributed by atoms with Crippen molar-refractivity contribution in [3.8, 4) is 11.1 Å². The molecule has 7 nitrogen and oxygen atoms in total. The number of nitrogens with one attached hydrogen (secondary N) is 2. The van der Waals surface area contributed by atoms with Crippen LogP contribution in [0.5, 0.6) is 0 Å². The highest BCUT2D eigenvalue weighted by Crippen LogP contribution is 2.44. The number of alkyl carbamates (subject to hydrolysis) is 1. The minimum Gasteiger partial charge on any atom is -0.480 e. The largest absolute Gasteiger partial charge is 0.480 e. The van der Waals surface area contributed by atoms with Gasteiger partial charge >= 0.3 is 12.1 Å². The third kappa shape index (κ3) is 4.87. The van der Waals surface area contributed by atoms with Crippen molar-refractivity contribution < 1.29 is 24.2 Å². The van der Waals surface area contributed by atoms with E-state index in [-0.39, 0.29) is 24.4 Å². The number of ether oxygens (including phenoxy) is 1. The number of carbonyl (C=O) groups is 3. The molecule has 3 N–H and O–H groups in total. The number of amides is 2. The highest BCUT2D eigenvalue weighted by atomic mass is 16.5. The van der Waals surface area contributed by atoms with Gasteiger partial charge in [-0.25, -0.2) is 9.59 Å². The van der Waals surface area contributed by atoms with Gasteiger partial charge in [0.05, 0.1) is 0 Å². The quantitative estimate of drug-likeness (QED) is 0.537. The maximum Gasteiger partial charge on any atom is 0.407 e. The van der Waals surface area contributed by atoms with Gasteiger partial charge in [0, 0.05) is 5.92 Å². The number of carbonyl (C=O) groups excluding carboxylic acids is 2. The van der Waals surface area contributed by atoms with Crippen LogP contribution < -0.4 is 10.6 Å². The van der Waals surface area contributed by atoms with E-state index in [0.717, 1.165) is 35.1 Å². The van der Waals surface area contributed by atoms with Crippen LogP contribution in [0.2, 0.25) is 0 Å². The van der Waals surface area contributed by atoms with Crippen molar-refractivity contribution in [2.75, 3.05) is 6.61 Å².